The molecule has 0 saturated carbocycles. The SMILES string of the molecule is Nc1ccc2c(c1)C(=O)N(Cc1ccc(F)cc1Br)C2. The highest BCUT2D eigenvalue weighted by Gasteiger charge is 2.27. The Morgan fingerprint density at radius 1 is 1.25 bits per heavy atom. The van der Waals surface area contributed by atoms with Crippen LogP contribution in [0.4, 0.5) is 10.1 Å². The molecule has 102 valence electrons. The number of hydrogen-bond acceptors (Lipinski definition) is 2. The van der Waals surface area contributed by atoms with Crippen LogP contribution in [0.2, 0.25) is 0 Å². The highest BCUT2D eigenvalue weighted by Crippen LogP contribution is 2.28. The molecule has 3 nitrogen and oxygen atoms in total. The highest BCUT2D eigenvalue weighted by atomic mass is 79.9. The lowest BCUT2D eigenvalue weighted by Gasteiger charge is -2.16. The first-order valence-corrected chi connectivity index (χ1v) is 6.95. The molecule has 3 rings (SSSR count). The molecule has 0 atom stereocenters. The van der Waals surface area contributed by atoms with E-state index in [1.807, 2.05) is 6.07 Å². The van der Waals surface area contributed by atoms with Gasteiger partial charge in [0.1, 0.15) is 5.82 Å². The summed E-state index contributed by atoms with van der Waals surface area (Å²) in [6.45, 7) is 0.993. The van der Waals surface area contributed by atoms with Crippen LogP contribution >= 0.6 is 15.9 Å². The van der Waals surface area contributed by atoms with E-state index in [4.69, 9.17) is 5.73 Å². The van der Waals surface area contributed by atoms with Crippen molar-refractivity contribution < 1.29 is 9.18 Å². The van der Waals surface area contributed by atoms with Gasteiger partial charge >= 0.3 is 0 Å². The van der Waals surface area contributed by atoms with Crippen molar-refractivity contribution in [2.24, 2.45) is 0 Å². The molecule has 20 heavy (non-hydrogen) atoms. The van der Waals surface area contributed by atoms with Gasteiger partial charge < -0.3 is 10.6 Å². The summed E-state index contributed by atoms with van der Waals surface area (Å²) in [5, 5.41) is 0. The number of rotatable bonds is 2. The molecule has 1 heterocycles. The van der Waals surface area contributed by atoms with Crippen molar-refractivity contribution in [2.75, 3.05) is 5.73 Å². The van der Waals surface area contributed by atoms with Gasteiger partial charge in [-0.1, -0.05) is 28.1 Å². The zero-order valence-corrected chi connectivity index (χ0v) is 12.2. The van der Waals surface area contributed by atoms with E-state index in [1.165, 1.54) is 12.1 Å². The monoisotopic (exact) mass is 334 g/mol. The van der Waals surface area contributed by atoms with Crippen LogP contribution in [0, 0.1) is 5.82 Å². The van der Waals surface area contributed by atoms with Gasteiger partial charge in [-0.3, -0.25) is 4.79 Å². The summed E-state index contributed by atoms with van der Waals surface area (Å²) in [6, 6.07) is 9.86. The summed E-state index contributed by atoms with van der Waals surface area (Å²) >= 11 is 3.32. The van der Waals surface area contributed by atoms with Crippen LogP contribution < -0.4 is 5.73 Å². The fourth-order valence-corrected chi connectivity index (χ4v) is 2.84. The third-order valence-electron chi connectivity index (χ3n) is 3.39. The number of hydrogen-bond donors (Lipinski definition) is 1. The number of carbonyl (C=O) groups excluding carboxylic acids is 1. The first kappa shape index (κ1) is 13.1. The Bertz CT molecular complexity index is 702. The number of nitrogens with zero attached hydrogens (tertiary/aromatic N) is 1. The van der Waals surface area contributed by atoms with Gasteiger partial charge in [-0.2, -0.15) is 0 Å². The van der Waals surface area contributed by atoms with Gasteiger partial charge in [-0.05, 0) is 35.4 Å². The second-order valence-electron chi connectivity index (χ2n) is 4.81. The standard InChI is InChI=1S/C15H12BrFN2O/c16-14-5-11(17)3-1-10(14)8-19-7-9-2-4-12(18)6-13(9)15(19)20/h1-6H,7-8,18H2. The molecular weight excluding hydrogens is 323 g/mol. The van der Waals surface area contributed by atoms with Gasteiger partial charge in [-0.15, -0.1) is 0 Å². The van der Waals surface area contributed by atoms with E-state index in [1.54, 1.807) is 23.1 Å². The van der Waals surface area contributed by atoms with Crippen molar-refractivity contribution in [3.63, 3.8) is 0 Å². The Labute approximate surface area is 124 Å². The van der Waals surface area contributed by atoms with Gasteiger partial charge in [0.05, 0.1) is 0 Å². The average molecular weight is 335 g/mol. The number of halogens is 2. The number of nitrogen functional groups attached to an aromatic ring is 1. The molecular formula is C15H12BrFN2O. The van der Waals surface area contributed by atoms with E-state index < -0.39 is 0 Å². The Morgan fingerprint density at radius 3 is 2.80 bits per heavy atom. The number of benzene rings is 2. The van der Waals surface area contributed by atoms with Gasteiger partial charge in [-0.25, -0.2) is 4.39 Å². The third-order valence-corrected chi connectivity index (χ3v) is 4.13. The van der Waals surface area contributed by atoms with Crippen LogP contribution in [-0.4, -0.2) is 10.8 Å². The van der Waals surface area contributed by atoms with E-state index in [0.717, 1.165) is 11.1 Å². The van der Waals surface area contributed by atoms with Crippen molar-refractivity contribution in [1.29, 1.82) is 0 Å². The van der Waals surface area contributed by atoms with E-state index in [9.17, 15) is 9.18 Å². The van der Waals surface area contributed by atoms with Crippen molar-refractivity contribution in [3.8, 4) is 0 Å². The molecule has 2 aromatic rings. The van der Waals surface area contributed by atoms with Crippen LogP contribution in [0.15, 0.2) is 40.9 Å². The van der Waals surface area contributed by atoms with E-state index in [2.05, 4.69) is 15.9 Å². The summed E-state index contributed by atoms with van der Waals surface area (Å²) in [6.07, 6.45) is 0. The first-order valence-electron chi connectivity index (χ1n) is 6.16. The number of nitrogens with two attached hydrogens (primary N) is 1. The normalized spacial score (nSPS) is 13.7. The first-order chi connectivity index (χ1) is 9.54. The molecule has 0 bridgehead atoms. The number of fused-ring (bicyclic) bond motifs is 1. The predicted molar refractivity (Wildman–Crippen MR) is 78.5 cm³/mol. The maximum atomic E-state index is 13.1. The van der Waals surface area contributed by atoms with Crippen LogP contribution in [-0.2, 0) is 13.1 Å². The van der Waals surface area contributed by atoms with E-state index in [-0.39, 0.29) is 11.7 Å². The summed E-state index contributed by atoms with van der Waals surface area (Å²) in [7, 11) is 0. The van der Waals surface area contributed by atoms with E-state index in [0.29, 0.717) is 28.8 Å². The Balaban J connectivity index is 1.86. The van der Waals surface area contributed by atoms with Gasteiger partial charge in [0.25, 0.3) is 5.91 Å². The van der Waals surface area contributed by atoms with Crippen molar-refractivity contribution in [1.82, 2.24) is 4.90 Å². The molecule has 0 aliphatic carbocycles. The summed E-state index contributed by atoms with van der Waals surface area (Å²) in [4.78, 5) is 14.0. The predicted octanol–water partition coefficient (Wildman–Crippen LogP) is 3.33. The fourth-order valence-electron chi connectivity index (χ4n) is 2.36. The van der Waals surface area contributed by atoms with Gasteiger partial charge in [0.15, 0.2) is 0 Å². The zero-order chi connectivity index (χ0) is 14.3. The van der Waals surface area contributed by atoms with Gasteiger partial charge in [0.2, 0.25) is 0 Å². The maximum Gasteiger partial charge on any atom is 0.254 e. The van der Waals surface area contributed by atoms with Crippen LogP contribution in [0.3, 0.4) is 0 Å². The molecule has 2 N–H and O–H groups in total. The minimum absolute atomic E-state index is 0.0384. The lowest BCUT2D eigenvalue weighted by atomic mass is 10.1. The van der Waals surface area contributed by atoms with Gasteiger partial charge in [0, 0.05) is 28.8 Å². The molecule has 0 fully saturated rings. The molecule has 5 heteroatoms. The minimum atomic E-state index is -0.301. The molecule has 2 aromatic carbocycles. The number of amides is 1. The Morgan fingerprint density at radius 2 is 2.05 bits per heavy atom. The smallest absolute Gasteiger partial charge is 0.254 e. The lowest BCUT2D eigenvalue weighted by Crippen LogP contribution is -2.23. The topological polar surface area (TPSA) is 46.3 Å². The number of carbonyl (C=O) groups is 1. The minimum Gasteiger partial charge on any atom is -0.399 e. The molecule has 1 amide bonds. The quantitative estimate of drug-likeness (QED) is 0.856. The largest absolute Gasteiger partial charge is 0.399 e. The van der Waals surface area contributed by atoms with Crippen molar-refractivity contribution in [2.45, 2.75) is 13.1 Å². The third kappa shape index (κ3) is 2.29. The van der Waals surface area contributed by atoms with Crippen LogP contribution in [0.5, 0.6) is 0 Å². The maximum absolute atomic E-state index is 13.1. The van der Waals surface area contributed by atoms with Crippen molar-refractivity contribution >= 4 is 27.5 Å². The molecule has 1 aliphatic heterocycles. The fraction of sp³-hybridized carbons (Fsp3) is 0.133. The van der Waals surface area contributed by atoms with E-state index >= 15 is 0 Å². The highest BCUT2D eigenvalue weighted by molar-refractivity contribution is 9.10. The molecule has 0 radical (unpaired) electrons. The second-order valence-corrected chi connectivity index (χ2v) is 5.67. The molecule has 0 unspecified atom stereocenters. The average Bonchev–Trinajstić information content (AvgIpc) is 2.70. The molecule has 0 aromatic heterocycles. The van der Waals surface area contributed by atoms with Crippen LogP contribution in [0.1, 0.15) is 21.5 Å². The summed E-state index contributed by atoms with van der Waals surface area (Å²) in [5.74, 6) is -0.340. The lowest BCUT2D eigenvalue weighted by molar-refractivity contribution is 0.0766. The Kier molecular flexibility index (Phi) is 3.22. The molecule has 0 spiro atoms. The summed E-state index contributed by atoms with van der Waals surface area (Å²) < 4.78 is 13.7. The zero-order valence-electron chi connectivity index (χ0n) is 10.6. The number of anilines is 1. The molecule has 1 aliphatic rings. The van der Waals surface area contributed by atoms with Crippen LogP contribution in [0.25, 0.3) is 0 Å². The second kappa shape index (κ2) is 4.90. The van der Waals surface area contributed by atoms with Crippen molar-refractivity contribution in [3.05, 3.63) is 63.4 Å². The molecule has 0 saturated heterocycles. The summed E-state index contributed by atoms with van der Waals surface area (Å²) in [5.41, 5.74) is 8.80. The Hall–Kier alpha value is -1.88.